The third-order valence-corrected chi connectivity index (χ3v) is 2.48. The first-order chi connectivity index (χ1) is 8.63. The number of Topliss-reactive ketones (excluding diaryl/α,β-unsaturated/α-hetero) is 2. The molecule has 0 saturated carbocycles. The van der Waals surface area contributed by atoms with Crippen molar-refractivity contribution in [2.24, 2.45) is 0 Å². The third-order valence-electron chi connectivity index (χ3n) is 2.48. The van der Waals surface area contributed by atoms with Crippen LogP contribution in [0.25, 0.3) is 0 Å². The van der Waals surface area contributed by atoms with Crippen LogP contribution in [0.15, 0.2) is 24.3 Å². The zero-order chi connectivity index (χ0) is 13.5. The van der Waals surface area contributed by atoms with E-state index in [0.717, 1.165) is 0 Å². The third kappa shape index (κ3) is 3.38. The van der Waals surface area contributed by atoms with Gasteiger partial charge in [-0.25, -0.2) is 0 Å². The molecule has 1 aromatic rings. The number of benzene rings is 1. The average Bonchev–Trinajstić information content (AvgIpc) is 2.40. The smallest absolute Gasteiger partial charge is 0.231 e. The number of aliphatic hydroxyl groups excluding tert-OH is 1. The van der Waals surface area contributed by atoms with Gasteiger partial charge in [0.2, 0.25) is 11.6 Å². The summed E-state index contributed by atoms with van der Waals surface area (Å²) in [6.45, 7) is -0.348. The van der Waals surface area contributed by atoms with E-state index in [9.17, 15) is 9.59 Å². The maximum atomic E-state index is 11.8. The number of methoxy groups -OCH3 is 2. The molecule has 1 atom stereocenters. The number of carbonyl (C=O) groups is 2. The van der Waals surface area contributed by atoms with Crippen LogP contribution in [0, 0.1) is 0 Å². The molecule has 1 aromatic carbocycles. The molecule has 0 heterocycles. The Morgan fingerprint density at radius 2 is 2.06 bits per heavy atom. The van der Waals surface area contributed by atoms with Gasteiger partial charge in [0, 0.05) is 13.5 Å². The summed E-state index contributed by atoms with van der Waals surface area (Å²) in [5.41, 5.74) is 0.549. The van der Waals surface area contributed by atoms with E-state index in [0.29, 0.717) is 11.3 Å². The minimum absolute atomic E-state index is 0.192. The summed E-state index contributed by atoms with van der Waals surface area (Å²) in [7, 11) is 2.87. The van der Waals surface area contributed by atoms with E-state index < -0.39 is 17.7 Å². The largest absolute Gasteiger partial charge is 0.497 e. The molecule has 98 valence electrons. The van der Waals surface area contributed by atoms with Gasteiger partial charge in [-0.3, -0.25) is 9.59 Å². The number of rotatable bonds is 7. The fourth-order valence-corrected chi connectivity index (χ4v) is 1.57. The van der Waals surface area contributed by atoms with Crippen molar-refractivity contribution >= 4 is 11.6 Å². The van der Waals surface area contributed by atoms with E-state index in [4.69, 9.17) is 14.6 Å². The topological polar surface area (TPSA) is 72.8 Å². The molecule has 18 heavy (non-hydrogen) atoms. The van der Waals surface area contributed by atoms with E-state index in [-0.39, 0.29) is 13.0 Å². The van der Waals surface area contributed by atoms with Gasteiger partial charge in [0.15, 0.2) is 0 Å². The second-order valence-corrected chi connectivity index (χ2v) is 3.65. The summed E-state index contributed by atoms with van der Waals surface area (Å²) < 4.78 is 10.1. The Bertz CT molecular complexity index is 427. The maximum Gasteiger partial charge on any atom is 0.231 e. The highest BCUT2D eigenvalue weighted by atomic mass is 16.5. The predicted molar refractivity (Wildman–Crippen MR) is 64.5 cm³/mol. The van der Waals surface area contributed by atoms with Gasteiger partial charge in [-0.05, 0) is 17.7 Å². The van der Waals surface area contributed by atoms with E-state index in [1.807, 2.05) is 0 Å². The lowest BCUT2D eigenvalue weighted by atomic mass is 10.0. The first kappa shape index (κ1) is 14.3. The van der Waals surface area contributed by atoms with E-state index >= 15 is 0 Å². The van der Waals surface area contributed by atoms with Crippen LogP contribution in [0.4, 0.5) is 0 Å². The molecule has 1 N–H and O–H groups in total. The van der Waals surface area contributed by atoms with Gasteiger partial charge in [0.05, 0.1) is 13.7 Å². The number of hydrogen-bond donors (Lipinski definition) is 1. The summed E-state index contributed by atoms with van der Waals surface area (Å²) in [5, 5.41) is 8.66. The summed E-state index contributed by atoms with van der Waals surface area (Å²) in [6.07, 6.45) is -1.15. The number of aliphatic hydroxyl groups is 1. The molecule has 5 heteroatoms. The summed E-state index contributed by atoms with van der Waals surface area (Å²) in [6, 6.07) is 6.76. The number of hydrogen-bond acceptors (Lipinski definition) is 5. The van der Waals surface area contributed by atoms with Gasteiger partial charge in [0.25, 0.3) is 0 Å². The fourth-order valence-electron chi connectivity index (χ4n) is 1.57. The van der Waals surface area contributed by atoms with Gasteiger partial charge in [-0.15, -0.1) is 0 Å². The second kappa shape index (κ2) is 6.88. The Morgan fingerprint density at radius 3 is 2.61 bits per heavy atom. The standard InChI is InChI=1S/C13H16O5/c1-17-10-5-3-4-9(8-10)13(18-2)12(16)11(15)6-7-14/h3-5,8,13-14H,6-7H2,1-2H3. The minimum Gasteiger partial charge on any atom is -0.497 e. The molecule has 0 aromatic heterocycles. The highest BCUT2D eigenvalue weighted by Crippen LogP contribution is 2.22. The van der Waals surface area contributed by atoms with Gasteiger partial charge in [0.1, 0.15) is 11.9 Å². The Kier molecular flexibility index (Phi) is 5.48. The van der Waals surface area contributed by atoms with Crippen LogP contribution in [0.5, 0.6) is 5.75 Å². The van der Waals surface area contributed by atoms with Crippen LogP contribution in [-0.2, 0) is 14.3 Å². The van der Waals surface area contributed by atoms with Crippen LogP contribution in [0.1, 0.15) is 18.1 Å². The number of ketones is 2. The molecule has 1 unspecified atom stereocenters. The Labute approximate surface area is 105 Å². The lowest BCUT2D eigenvalue weighted by molar-refractivity contribution is -0.143. The molecule has 0 fully saturated rings. The summed E-state index contributed by atoms with van der Waals surface area (Å²) in [4.78, 5) is 23.3. The molecule has 0 saturated heterocycles. The number of ether oxygens (including phenoxy) is 2. The molecular formula is C13H16O5. The Balaban J connectivity index is 2.94. The normalized spacial score (nSPS) is 11.9. The molecule has 0 aliphatic carbocycles. The van der Waals surface area contributed by atoms with Crippen LogP contribution in [-0.4, -0.2) is 37.5 Å². The van der Waals surface area contributed by atoms with Crippen molar-refractivity contribution in [2.45, 2.75) is 12.5 Å². The second-order valence-electron chi connectivity index (χ2n) is 3.65. The van der Waals surface area contributed by atoms with Crippen molar-refractivity contribution in [3.05, 3.63) is 29.8 Å². The van der Waals surface area contributed by atoms with Crippen molar-refractivity contribution < 1.29 is 24.2 Å². The molecule has 0 bridgehead atoms. The molecule has 0 amide bonds. The van der Waals surface area contributed by atoms with Crippen molar-refractivity contribution in [1.29, 1.82) is 0 Å². The summed E-state index contributed by atoms with van der Waals surface area (Å²) in [5.74, 6) is -0.732. The molecule has 1 rings (SSSR count). The lowest BCUT2D eigenvalue weighted by Gasteiger charge is -2.14. The van der Waals surface area contributed by atoms with Gasteiger partial charge >= 0.3 is 0 Å². The molecule has 0 spiro atoms. The van der Waals surface area contributed by atoms with Crippen molar-refractivity contribution in [3.63, 3.8) is 0 Å². The van der Waals surface area contributed by atoms with Gasteiger partial charge in [-0.1, -0.05) is 12.1 Å². The first-order valence-corrected chi connectivity index (χ1v) is 5.48. The van der Waals surface area contributed by atoms with Crippen LogP contribution < -0.4 is 4.74 Å². The Morgan fingerprint density at radius 1 is 1.33 bits per heavy atom. The van der Waals surface area contributed by atoms with Crippen LogP contribution in [0.2, 0.25) is 0 Å². The van der Waals surface area contributed by atoms with Crippen LogP contribution in [0.3, 0.4) is 0 Å². The molecule has 0 radical (unpaired) electrons. The lowest BCUT2D eigenvalue weighted by Crippen LogP contribution is -2.24. The Hall–Kier alpha value is -1.72. The zero-order valence-electron chi connectivity index (χ0n) is 10.4. The molecule has 5 nitrogen and oxygen atoms in total. The van der Waals surface area contributed by atoms with E-state index in [1.54, 1.807) is 24.3 Å². The van der Waals surface area contributed by atoms with Crippen molar-refractivity contribution in [3.8, 4) is 5.75 Å². The van der Waals surface area contributed by atoms with Gasteiger partial charge in [-0.2, -0.15) is 0 Å². The summed E-state index contributed by atoms with van der Waals surface area (Å²) >= 11 is 0. The first-order valence-electron chi connectivity index (χ1n) is 5.48. The molecule has 0 aliphatic heterocycles. The quantitative estimate of drug-likeness (QED) is 0.730. The molecule has 0 aliphatic rings. The molecular weight excluding hydrogens is 236 g/mol. The highest BCUT2D eigenvalue weighted by molar-refractivity contribution is 6.38. The van der Waals surface area contributed by atoms with E-state index in [2.05, 4.69) is 0 Å². The minimum atomic E-state index is -0.959. The maximum absolute atomic E-state index is 11.8. The fraction of sp³-hybridized carbons (Fsp3) is 0.385. The van der Waals surface area contributed by atoms with Crippen LogP contribution >= 0.6 is 0 Å². The van der Waals surface area contributed by atoms with Gasteiger partial charge < -0.3 is 14.6 Å². The van der Waals surface area contributed by atoms with Crippen molar-refractivity contribution in [2.75, 3.05) is 20.8 Å². The predicted octanol–water partition coefficient (Wildman–Crippen LogP) is 0.903. The zero-order valence-corrected chi connectivity index (χ0v) is 10.4. The SMILES string of the molecule is COc1cccc(C(OC)C(=O)C(=O)CCO)c1. The highest BCUT2D eigenvalue weighted by Gasteiger charge is 2.26. The number of carbonyl (C=O) groups excluding carboxylic acids is 2. The monoisotopic (exact) mass is 252 g/mol. The average molecular weight is 252 g/mol. The van der Waals surface area contributed by atoms with Crippen molar-refractivity contribution in [1.82, 2.24) is 0 Å². The van der Waals surface area contributed by atoms with E-state index in [1.165, 1.54) is 14.2 Å².